The van der Waals surface area contributed by atoms with Crippen LogP contribution in [-0.4, -0.2) is 47.5 Å². The molecule has 8 nitrogen and oxygen atoms in total. The standard InChI is InChI=1S/C23H25BrO8/c1-26-14-11-15(27-2)19-16(12-14)32-21(23(20(19)25)31-8-6-7-24)13-9-17(28-3)22(30-5)18(10-13)29-4/h9-12H,6-8H2,1-5H3. The second-order valence-electron chi connectivity index (χ2n) is 6.60. The molecule has 0 bridgehead atoms. The van der Waals surface area contributed by atoms with Crippen molar-refractivity contribution < 1.29 is 32.8 Å². The first kappa shape index (κ1) is 23.6. The fourth-order valence-corrected chi connectivity index (χ4v) is 3.51. The molecular weight excluding hydrogens is 484 g/mol. The van der Waals surface area contributed by atoms with Crippen LogP contribution in [0.2, 0.25) is 0 Å². The zero-order chi connectivity index (χ0) is 23.3. The molecule has 0 aliphatic carbocycles. The van der Waals surface area contributed by atoms with Gasteiger partial charge in [0.2, 0.25) is 16.9 Å². The molecule has 0 saturated heterocycles. The molecule has 1 aromatic heterocycles. The molecule has 0 saturated carbocycles. The third-order valence-corrected chi connectivity index (χ3v) is 5.36. The first-order valence-corrected chi connectivity index (χ1v) is 10.9. The fourth-order valence-electron chi connectivity index (χ4n) is 3.28. The first-order valence-electron chi connectivity index (χ1n) is 9.74. The third-order valence-electron chi connectivity index (χ3n) is 4.80. The minimum Gasteiger partial charge on any atom is -0.496 e. The number of ether oxygens (including phenoxy) is 6. The van der Waals surface area contributed by atoms with Gasteiger partial charge in [0.25, 0.3) is 0 Å². The number of halogens is 1. The van der Waals surface area contributed by atoms with Gasteiger partial charge in [-0.2, -0.15) is 0 Å². The lowest BCUT2D eigenvalue weighted by molar-refractivity contribution is 0.309. The van der Waals surface area contributed by atoms with Crippen LogP contribution < -0.4 is 33.8 Å². The summed E-state index contributed by atoms with van der Waals surface area (Å²) in [5, 5.41) is 0.990. The maximum absolute atomic E-state index is 13.5. The smallest absolute Gasteiger partial charge is 0.239 e. The van der Waals surface area contributed by atoms with Gasteiger partial charge in [0.05, 0.1) is 42.2 Å². The van der Waals surface area contributed by atoms with Crippen LogP contribution in [0.4, 0.5) is 0 Å². The van der Waals surface area contributed by atoms with Crippen molar-refractivity contribution in [2.24, 2.45) is 0 Å². The van der Waals surface area contributed by atoms with Gasteiger partial charge in [-0.05, 0) is 18.6 Å². The van der Waals surface area contributed by atoms with E-state index in [0.717, 1.165) is 5.33 Å². The lowest BCUT2D eigenvalue weighted by Gasteiger charge is -2.16. The molecule has 3 aromatic rings. The van der Waals surface area contributed by atoms with Crippen molar-refractivity contribution in [3.8, 4) is 45.8 Å². The van der Waals surface area contributed by atoms with E-state index in [1.807, 2.05) is 0 Å². The molecule has 0 spiro atoms. The highest BCUT2D eigenvalue weighted by Crippen LogP contribution is 2.44. The zero-order valence-electron chi connectivity index (χ0n) is 18.6. The summed E-state index contributed by atoms with van der Waals surface area (Å²) in [6.07, 6.45) is 0.700. The van der Waals surface area contributed by atoms with E-state index in [1.54, 1.807) is 24.3 Å². The molecular formula is C23H25BrO8. The minimum atomic E-state index is -0.357. The van der Waals surface area contributed by atoms with Crippen molar-refractivity contribution in [1.82, 2.24) is 0 Å². The molecule has 1 heterocycles. The average molecular weight is 509 g/mol. The Labute approximate surface area is 194 Å². The maximum Gasteiger partial charge on any atom is 0.239 e. The third kappa shape index (κ3) is 4.43. The molecule has 0 amide bonds. The second kappa shape index (κ2) is 10.5. The van der Waals surface area contributed by atoms with Crippen LogP contribution in [-0.2, 0) is 0 Å². The Kier molecular flexibility index (Phi) is 7.74. The Morgan fingerprint density at radius 1 is 0.812 bits per heavy atom. The molecule has 0 aliphatic rings. The van der Waals surface area contributed by atoms with E-state index in [2.05, 4.69) is 15.9 Å². The lowest BCUT2D eigenvalue weighted by atomic mass is 10.1. The van der Waals surface area contributed by atoms with Gasteiger partial charge in [-0.15, -0.1) is 0 Å². The van der Waals surface area contributed by atoms with Crippen molar-refractivity contribution in [3.63, 3.8) is 0 Å². The number of hydrogen-bond donors (Lipinski definition) is 0. The molecule has 3 rings (SSSR count). The largest absolute Gasteiger partial charge is 0.496 e. The van der Waals surface area contributed by atoms with Crippen molar-refractivity contribution in [3.05, 3.63) is 34.5 Å². The summed E-state index contributed by atoms with van der Waals surface area (Å²) in [7, 11) is 7.55. The fraction of sp³-hybridized carbons (Fsp3) is 0.348. The summed E-state index contributed by atoms with van der Waals surface area (Å²) in [6, 6.07) is 6.64. The molecule has 0 N–H and O–H groups in total. The van der Waals surface area contributed by atoms with Crippen LogP contribution in [0.1, 0.15) is 6.42 Å². The quantitative estimate of drug-likeness (QED) is 0.288. The van der Waals surface area contributed by atoms with Gasteiger partial charge in [-0.25, -0.2) is 0 Å². The highest BCUT2D eigenvalue weighted by molar-refractivity contribution is 9.09. The molecule has 0 radical (unpaired) electrons. The molecule has 172 valence electrons. The molecule has 9 heteroatoms. The summed E-state index contributed by atoms with van der Waals surface area (Å²) in [6.45, 7) is 0.317. The van der Waals surface area contributed by atoms with Gasteiger partial charge in [-0.1, -0.05) is 15.9 Å². The van der Waals surface area contributed by atoms with Gasteiger partial charge >= 0.3 is 0 Å². The Balaban J connectivity index is 2.36. The van der Waals surface area contributed by atoms with E-state index >= 15 is 0 Å². The topological polar surface area (TPSA) is 85.6 Å². The monoisotopic (exact) mass is 508 g/mol. The van der Waals surface area contributed by atoms with Crippen molar-refractivity contribution in [2.45, 2.75) is 6.42 Å². The predicted octanol–water partition coefficient (Wildman–Crippen LogP) is 4.67. The van der Waals surface area contributed by atoms with Gasteiger partial charge in [0.1, 0.15) is 22.5 Å². The van der Waals surface area contributed by atoms with E-state index < -0.39 is 0 Å². The van der Waals surface area contributed by atoms with E-state index in [0.29, 0.717) is 52.9 Å². The van der Waals surface area contributed by atoms with Crippen LogP contribution in [0.15, 0.2) is 33.5 Å². The number of rotatable bonds is 10. The Morgan fingerprint density at radius 3 is 2.00 bits per heavy atom. The van der Waals surface area contributed by atoms with Gasteiger partial charge in [0.15, 0.2) is 17.3 Å². The van der Waals surface area contributed by atoms with Crippen LogP contribution in [0.25, 0.3) is 22.3 Å². The first-order chi connectivity index (χ1) is 15.5. The summed E-state index contributed by atoms with van der Waals surface area (Å²) < 4.78 is 39.2. The van der Waals surface area contributed by atoms with E-state index in [4.69, 9.17) is 32.8 Å². The predicted molar refractivity (Wildman–Crippen MR) is 125 cm³/mol. The maximum atomic E-state index is 13.5. The number of methoxy groups -OCH3 is 5. The molecule has 0 aliphatic heterocycles. The van der Waals surface area contributed by atoms with Crippen LogP contribution in [0.5, 0.6) is 34.5 Å². The second-order valence-corrected chi connectivity index (χ2v) is 7.39. The lowest BCUT2D eigenvalue weighted by Crippen LogP contribution is -2.12. The number of alkyl halides is 1. The van der Waals surface area contributed by atoms with Gasteiger partial charge in [-0.3, -0.25) is 4.79 Å². The highest BCUT2D eigenvalue weighted by atomic mass is 79.9. The van der Waals surface area contributed by atoms with E-state index in [9.17, 15) is 4.79 Å². The van der Waals surface area contributed by atoms with Gasteiger partial charge in [0, 0.05) is 23.0 Å². The SMILES string of the molecule is COc1cc(OC)c2c(=O)c(OCCCBr)c(-c3cc(OC)c(OC)c(OC)c3)oc2c1. The molecule has 32 heavy (non-hydrogen) atoms. The Bertz CT molecular complexity index is 1130. The normalized spacial score (nSPS) is 10.7. The molecule has 0 atom stereocenters. The number of hydrogen-bond acceptors (Lipinski definition) is 8. The van der Waals surface area contributed by atoms with Gasteiger partial charge < -0.3 is 32.8 Å². The average Bonchev–Trinajstić information content (AvgIpc) is 2.83. The summed E-state index contributed by atoms with van der Waals surface area (Å²) >= 11 is 3.37. The van der Waals surface area contributed by atoms with Crippen LogP contribution in [0.3, 0.4) is 0 Å². The van der Waals surface area contributed by atoms with E-state index in [-0.39, 0.29) is 22.3 Å². The summed E-state index contributed by atoms with van der Waals surface area (Å²) in [5.41, 5.74) is 0.459. The summed E-state index contributed by atoms with van der Waals surface area (Å²) in [4.78, 5) is 13.5. The number of fused-ring (bicyclic) bond motifs is 1. The van der Waals surface area contributed by atoms with Crippen LogP contribution in [0, 0.1) is 0 Å². The summed E-state index contributed by atoms with van der Waals surface area (Å²) in [5.74, 6) is 2.37. The van der Waals surface area contributed by atoms with E-state index in [1.165, 1.54) is 35.5 Å². The number of benzene rings is 2. The zero-order valence-corrected chi connectivity index (χ0v) is 20.2. The van der Waals surface area contributed by atoms with Crippen molar-refractivity contribution in [2.75, 3.05) is 47.5 Å². The highest BCUT2D eigenvalue weighted by Gasteiger charge is 2.24. The van der Waals surface area contributed by atoms with Crippen molar-refractivity contribution in [1.29, 1.82) is 0 Å². The molecule has 0 unspecified atom stereocenters. The Hall–Kier alpha value is -3.07. The van der Waals surface area contributed by atoms with Crippen LogP contribution >= 0.6 is 15.9 Å². The molecule has 0 fully saturated rings. The Morgan fingerprint density at radius 2 is 1.47 bits per heavy atom. The van der Waals surface area contributed by atoms with Crippen molar-refractivity contribution >= 4 is 26.9 Å². The molecule has 2 aromatic carbocycles. The minimum absolute atomic E-state index is 0.0659.